The highest BCUT2D eigenvalue weighted by atomic mass is 16.5. The summed E-state index contributed by atoms with van der Waals surface area (Å²) in [6, 6.07) is 8.23. The minimum Gasteiger partial charge on any atom is -0.497 e. The Bertz CT molecular complexity index is 541. The van der Waals surface area contributed by atoms with Crippen LogP contribution in [-0.2, 0) is 9.53 Å². The van der Waals surface area contributed by atoms with Crippen molar-refractivity contribution in [1.82, 2.24) is 10.2 Å². The first-order valence-corrected chi connectivity index (χ1v) is 8.54. The van der Waals surface area contributed by atoms with Gasteiger partial charge in [-0.1, -0.05) is 18.2 Å². The van der Waals surface area contributed by atoms with Gasteiger partial charge in [0.1, 0.15) is 11.9 Å². The van der Waals surface area contributed by atoms with E-state index in [-0.39, 0.29) is 11.9 Å². The van der Waals surface area contributed by atoms with Crippen LogP contribution in [0, 0.1) is 0 Å². The molecule has 1 heterocycles. The van der Waals surface area contributed by atoms with E-state index in [1.165, 1.54) is 12.8 Å². The molecule has 0 unspecified atom stereocenters. The van der Waals surface area contributed by atoms with Crippen molar-refractivity contribution in [2.45, 2.75) is 31.9 Å². The summed E-state index contributed by atoms with van der Waals surface area (Å²) in [6.45, 7) is 8.41. The lowest BCUT2D eigenvalue weighted by molar-refractivity contribution is -0.131. The average molecular weight is 332 g/mol. The second-order valence-corrected chi connectivity index (χ2v) is 6.04. The van der Waals surface area contributed by atoms with Gasteiger partial charge in [0, 0.05) is 6.54 Å². The largest absolute Gasteiger partial charge is 0.497 e. The molecule has 5 nitrogen and oxygen atoms in total. The summed E-state index contributed by atoms with van der Waals surface area (Å²) >= 11 is 0. The zero-order valence-electron chi connectivity index (χ0n) is 14.7. The standard InChI is InChI=1S/C19H28N2O3/c1-4-12-24-15(2)19(22)20-14-18(21-10-5-6-11-21)16-8-7-9-17(13-16)23-3/h4,7-9,13,15,18H,1,5-6,10-12,14H2,2-3H3,(H,20,22)/t15-,18+/m0/s1. The van der Waals surface area contributed by atoms with Crippen molar-refractivity contribution in [2.24, 2.45) is 0 Å². The molecule has 1 aliphatic rings. The molecule has 24 heavy (non-hydrogen) atoms. The first kappa shape index (κ1) is 18.5. The van der Waals surface area contributed by atoms with E-state index in [1.54, 1.807) is 20.1 Å². The van der Waals surface area contributed by atoms with Gasteiger partial charge in [0.25, 0.3) is 0 Å². The molecule has 0 bridgehead atoms. The number of likely N-dealkylation sites (tertiary alicyclic amines) is 1. The number of ether oxygens (including phenoxy) is 2. The molecule has 132 valence electrons. The summed E-state index contributed by atoms with van der Waals surface area (Å²) in [7, 11) is 1.67. The number of nitrogens with one attached hydrogen (secondary N) is 1. The average Bonchev–Trinajstić information content (AvgIpc) is 3.14. The zero-order chi connectivity index (χ0) is 17.4. The number of hydrogen-bond donors (Lipinski definition) is 1. The van der Waals surface area contributed by atoms with Gasteiger partial charge < -0.3 is 14.8 Å². The molecule has 1 N–H and O–H groups in total. The van der Waals surface area contributed by atoms with Gasteiger partial charge in [0.15, 0.2) is 0 Å². The van der Waals surface area contributed by atoms with Crippen LogP contribution >= 0.6 is 0 Å². The fourth-order valence-corrected chi connectivity index (χ4v) is 2.99. The van der Waals surface area contributed by atoms with E-state index in [9.17, 15) is 4.79 Å². The maximum Gasteiger partial charge on any atom is 0.248 e. The number of hydrogen-bond acceptors (Lipinski definition) is 4. The van der Waals surface area contributed by atoms with Crippen LogP contribution in [0.2, 0.25) is 0 Å². The summed E-state index contributed by atoms with van der Waals surface area (Å²) in [6.07, 6.45) is 3.57. The van der Waals surface area contributed by atoms with Gasteiger partial charge >= 0.3 is 0 Å². The number of nitrogens with zero attached hydrogens (tertiary/aromatic N) is 1. The summed E-state index contributed by atoms with van der Waals surface area (Å²) in [5.41, 5.74) is 1.16. The number of carbonyl (C=O) groups is 1. The van der Waals surface area contributed by atoms with E-state index in [0.717, 1.165) is 24.4 Å². The molecule has 5 heteroatoms. The van der Waals surface area contributed by atoms with Crippen LogP contribution in [0.5, 0.6) is 5.75 Å². The molecule has 1 aromatic carbocycles. The molecule has 0 spiro atoms. The van der Waals surface area contributed by atoms with Crippen molar-refractivity contribution >= 4 is 5.91 Å². The molecule has 0 aliphatic carbocycles. The fraction of sp³-hybridized carbons (Fsp3) is 0.526. The first-order valence-electron chi connectivity index (χ1n) is 8.54. The number of carbonyl (C=O) groups excluding carboxylic acids is 1. The van der Waals surface area contributed by atoms with E-state index < -0.39 is 6.10 Å². The van der Waals surface area contributed by atoms with Gasteiger partial charge in [-0.15, -0.1) is 6.58 Å². The Labute approximate surface area is 144 Å². The maximum absolute atomic E-state index is 12.2. The predicted octanol–water partition coefficient (Wildman–Crippen LogP) is 2.54. The topological polar surface area (TPSA) is 50.8 Å². The monoisotopic (exact) mass is 332 g/mol. The quantitative estimate of drug-likeness (QED) is 0.706. The fourth-order valence-electron chi connectivity index (χ4n) is 2.99. The molecule has 1 amide bonds. The Balaban J connectivity index is 2.03. The normalized spacial score (nSPS) is 17.2. The zero-order valence-corrected chi connectivity index (χ0v) is 14.7. The van der Waals surface area contributed by atoms with E-state index >= 15 is 0 Å². The molecule has 1 aromatic rings. The molecular weight excluding hydrogens is 304 g/mol. The van der Waals surface area contributed by atoms with Crippen molar-refractivity contribution in [3.8, 4) is 5.75 Å². The van der Waals surface area contributed by atoms with E-state index in [0.29, 0.717) is 13.2 Å². The summed E-state index contributed by atoms with van der Waals surface area (Å²) in [5, 5.41) is 3.02. The molecular formula is C19H28N2O3. The lowest BCUT2D eigenvalue weighted by atomic mass is 10.0. The lowest BCUT2D eigenvalue weighted by Crippen LogP contribution is -2.41. The molecule has 2 rings (SSSR count). The van der Waals surface area contributed by atoms with Gasteiger partial charge in [-0.3, -0.25) is 9.69 Å². The molecule has 1 saturated heterocycles. The molecule has 1 fully saturated rings. The Morgan fingerprint density at radius 2 is 2.17 bits per heavy atom. The van der Waals surface area contributed by atoms with E-state index in [4.69, 9.17) is 9.47 Å². The third-order valence-electron chi connectivity index (χ3n) is 4.36. The smallest absolute Gasteiger partial charge is 0.248 e. The van der Waals surface area contributed by atoms with Crippen molar-refractivity contribution in [3.05, 3.63) is 42.5 Å². The molecule has 2 atom stereocenters. The van der Waals surface area contributed by atoms with Crippen LogP contribution < -0.4 is 10.1 Å². The van der Waals surface area contributed by atoms with E-state index in [1.807, 2.05) is 18.2 Å². The highest BCUT2D eigenvalue weighted by molar-refractivity contribution is 5.80. The van der Waals surface area contributed by atoms with Crippen LogP contribution in [-0.4, -0.2) is 50.3 Å². The predicted molar refractivity (Wildman–Crippen MR) is 95.2 cm³/mol. The number of rotatable bonds is 9. The number of amides is 1. The van der Waals surface area contributed by atoms with Crippen molar-refractivity contribution in [3.63, 3.8) is 0 Å². The highest BCUT2D eigenvalue weighted by Gasteiger charge is 2.25. The van der Waals surface area contributed by atoms with Gasteiger partial charge in [0.2, 0.25) is 5.91 Å². The maximum atomic E-state index is 12.2. The Kier molecular flexibility index (Phi) is 7.28. The van der Waals surface area contributed by atoms with Crippen LogP contribution in [0.4, 0.5) is 0 Å². The first-order chi connectivity index (χ1) is 11.7. The minimum atomic E-state index is -0.479. The third-order valence-corrected chi connectivity index (χ3v) is 4.36. The van der Waals surface area contributed by atoms with Crippen LogP contribution in [0.25, 0.3) is 0 Å². The van der Waals surface area contributed by atoms with Crippen LogP contribution in [0.3, 0.4) is 0 Å². The SMILES string of the molecule is C=CCO[C@@H](C)C(=O)NC[C@H](c1cccc(OC)c1)N1CCCC1. The van der Waals surface area contributed by atoms with Gasteiger partial charge in [-0.25, -0.2) is 0 Å². The van der Waals surface area contributed by atoms with Crippen LogP contribution in [0.15, 0.2) is 36.9 Å². The van der Waals surface area contributed by atoms with Gasteiger partial charge in [0.05, 0.1) is 19.8 Å². The molecule has 1 aliphatic heterocycles. The Hall–Kier alpha value is -1.85. The number of methoxy groups -OCH3 is 1. The molecule has 0 saturated carbocycles. The van der Waals surface area contributed by atoms with Gasteiger partial charge in [-0.2, -0.15) is 0 Å². The summed E-state index contributed by atoms with van der Waals surface area (Å²) in [5.74, 6) is 0.745. The Morgan fingerprint density at radius 3 is 2.83 bits per heavy atom. The second-order valence-electron chi connectivity index (χ2n) is 6.04. The van der Waals surface area contributed by atoms with E-state index in [2.05, 4.69) is 22.9 Å². The minimum absolute atomic E-state index is 0.0936. The summed E-state index contributed by atoms with van der Waals surface area (Å²) < 4.78 is 10.7. The summed E-state index contributed by atoms with van der Waals surface area (Å²) in [4.78, 5) is 14.6. The molecule has 0 aromatic heterocycles. The molecule has 0 radical (unpaired) electrons. The highest BCUT2D eigenvalue weighted by Crippen LogP contribution is 2.27. The Morgan fingerprint density at radius 1 is 1.42 bits per heavy atom. The van der Waals surface area contributed by atoms with Gasteiger partial charge in [-0.05, 0) is 50.6 Å². The van der Waals surface area contributed by atoms with Crippen molar-refractivity contribution < 1.29 is 14.3 Å². The van der Waals surface area contributed by atoms with Crippen molar-refractivity contribution in [1.29, 1.82) is 0 Å². The third kappa shape index (κ3) is 5.08. The van der Waals surface area contributed by atoms with Crippen LogP contribution in [0.1, 0.15) is 31.4 Å². The van der Waals surface area contributed by atoms with Crippen molar-refractivity contribution in [2.75, 3.05) is 33.4 Å². The lowest BCUT2D eigenvalue weighted by Gasteiger charge is -2.29. The second kappa shape index (κ2) is 9.45. The number of benzene rings is 1.